The molecule has 0 bridgehead atoms. The number of carbonyl (C=O) groups is 2. The summed E-state index contributed by atoms with van der Waals surface area (Å²) in [4.78, 5) is 25.1. The molecule has 1 atom stereocenters. The van der Waals surface area contributed by atoms with Crippen LogP contribution in [0.5, 0.6) is 0 Å². The Balaban J connectivity index is 2.01. The number of aryl methyl sites for hydroxylation is 1. The maximum Gasteiger partial charge on any atom is 0.338 e. The van der Waals surface area contributed by atoms with Crippen molar-refractivity contribution >= 4 is 40.9 Å². The third kappa shape index (κ3) is 5.51. The molecule has 0 heterocycles. The van der Waals surface area contributed by atoms with Crippen LogP contribution >= 0.6 is 23.4 Å². The molecule has 6 heteroatoms. The topological polar surface area (TPSA) is 55.4 Å². The van der Waals surface area contributed by atoms with Gasteiger partial charge >= 0.3 is 5.97 Å². The Hall–Kier alpha value is -1.98. The van der Waals surface area contributed by atoms with Gasteiger partial charge in [-0.2, -0.15) is 0 Å². The molecule has 0 fully saturated rings. The predicted molar refractivity (Wildman–Crippen MR) is 103 cm³/mol. The first-order chi connectivity index (χ1) is 11.9. The molecule has 1 amide bonds. The average Bonchev–Trinajstić information content (AvgIpc) is 2.58. The van der Waals surface area contributed by atoms with E-state index < -0.39 is 5.97 Å². The van der Waals surface area contributed by atoms with Crippen molar-refractivity contribution in [1.29, 1.82) is 0 Å². The summed E-state index contributed by atoms with van der Waals surface area (Å²) < 4.78 is 4.93. The second kappa shape index (κ2) is 8.92. The largest absolute Gasteiger partial charge is 0.462 e. The van der Waals surface area contributed by atoms with E-state index in [2.05, 4.69) is 5.32 Å². The van der Waals surface area contributed by atoms with Gasteiger partial charge in [0, 0.05) is 4.90 Å². The van der Waals surface area contributed by atoms with Crippen molar-refractivity contribution < 1.29 is 14.3 Å². The van der Waals surface area contributed by atoms with Gasteiger partial charge in [0.1, 0.15) is 0 Å². The zero-order valence-electron chi connectivity index (χ0n) is 14.3. The van der Waals surface area contributed by atoms with Crippen LogP contribution in [-0.4, -0.2) is 23.7 Å². The number of halogens is 1. The fourth-order valence-electron chi connectivity index (χ4n) is 2.07. The zero-order chi connectivity index (χ0) is 18.4. The number of carbonyl (C=O) groups excluding carboxylic acids is 2. The van der Waals surface area contributed by atoms with E-state index in [4.69, 9.17) is 16.3 Å². The highest BCUT2D eigenvalue weighted by Gasteiger charge is 2.17. The number of ether oxygens (including phenoxy) is 1. The molecule has 2 aromatic carbocycles. The maximum absolute atomic E-state index is 12.4. The number of amides is 1. The molecule has 0 aliphatic carbocycles. The molecular weight excluding hydrogens is 358 g/mol. The van der Waals surface area contributed by atoms with Crippen molar-refractivity contribution in [2.75, 3.05) is 11.9 Å². The quantitative estimate of drug-likeness (QED) is 0.572. The summed E-state index contributed by atoms with van der Waals surface area (Å²) in [6.45, 7) is 5.89. The summed E-state index contributed by atoms with van der Waals surface area (Å²) >= 11 is 7.64. The van der Waals surface area contributed by atoms with Gasteiger partial charge < -0.3 is 10.1 Å². The summed E-state index contributed by atoms with van der Waals surface area (Å²) in [5.41, 5.74) is 2.00. The van der Waals surface area contributed by atoms with Crippen LogP contribution in [-0.2, 0) is 9.53 Å². The minimum Gasteiger partial charge on any atom is -0.462 e. The highest BCUT2D eigenvalue weighted by Crippen LogP contribution is 2.27. The first-order valence-corrected chi connectivity index (χ1v) is 9.17. The van der Waals surface area contributed by atoms with Gasteiger partial charge in [0.15, 0.2) is 0 Å². The Bertz CT molecular complexity index is 762. The van der Waals surface area contributed by atoms with Crippen molar-refractivity contribution in [3.8, 4) is 0 Å². The van der Waals surface area contributed by atoms with Gasteiger partial charge in [0.2, 0.25) is 5.91 Å². The number of anilines is 1. The van der Waals surface area contributed by atoms with Crippen LogP contribution in [0.3, 0.4) is 0 Å². The van der Waals surface area contributed by atoms with Gasteiger partial charge in [-0.3, -0.25) is 4.79 Å². The summed E-state index contributed by atoms with van der Waals surface area (Å²) in [6.07, 6.45) is 0. The molecule has 25 heavy (non-hydrogen) atoms. The lowest BCUT2D eigenvalue weighted by Gasteiger charge is -2.13. The SMILES string of the molecule is CCOC(=O)c1ccc(NC(=O)[C@@H](C)Sc2ccc(C)cc2)c(Cl)c1. The summed E-state index contributed by atoms with van der Waals surface area (Å²) in [5, 5.41) is 2.81. The summed E-state index contributed by atoms with van der Waals surface area (Å²) in [7, 11) is 0. The molecule has 2 aromatic rings. The van der Waals surface area contributed by atoms with Gasteiger partial charge in [0.25, 0.3) is 0 Å². The number of thioether (sulfide) groups is 1. The molecule has 2 rings (SSSR count). The Kier molecular flexibility index (Phi) is 6.91. The molecule has 0 spiro atoms. The van der Waals surface area contributed by atoms with Crippen molar-refractivity contribution in [1.82, 2.24) is 0 Å². The maximum atomic E-state index is 12.4. The van der Waals surface area contributed by atoms with E-state index in [1.165, 1.54) is 23.4 Å². The Morgan fingerprint density at radius 2 is 1.88 bits per heavy atom. The van der Waals surface area contributed by atoms with Crippen LogP contribution in [0, 0.1) is 6.92 Å². The number of benzene rings is 2. The average molecular weight is 378 g/mol. The molecule has 0 radical (unpaired) electrons. The van der Waals surface area contributed by atoms with Gasteiger partial charge in [0.05, 0.1) is 28.1 Å². The molecule has 0 aliphatic rings. The highest BCUT2D eigenvalue weighted by atomic mass is 35.5. The smallest absolute Gasteiger partial charge is 0.338 e. The van der Waals surface area contributed by atoms with Crippen molar-refractivity contribution in [3.63, 3.8) is 0 Å². The minimum absolute atomic E-state index is 0.156. The molecule has 0 saturated heterocycles. The fourth-order valence-corrected chi connectivity index (χ4v) is 3.16. The highest BCUT2D eigenvalue weighted by molar-refractivity contribution is 8.00. The van der Waals surface area contributed by atoms with Crippen molar-refractivity contribution in [2.45, 2.75) is 30.9 Å². The van der Waals surface area contributed by atoms with Gasteiger partial charge in [-0.25, -0.2) is 4.79 Å². The van der Waals surface area contributed by atoms with E-state index in [1.54, 1.807) is 19.1 Å². The Labute approximate surface area is 156 Å². The van der Waals surface area contributed by atoms with E-state index in [1.807, 2.05) is 38.1 Å². The van der Waals surface area contributed by atoms with E-state index in [0.717, 1.165) is 4.90 Å². The number of esters is 1. The Morgan fingerprint density at radius 3 is 2.48 bits per heavy atom. The van der Waals surface area contributed by atoms with Crippen molar-refractivity contribution in [2.24, 2.45) is 0 Å². The lowest BCUT2D eigenvalue weighted by Crippen LogP contribution is -2.22. The summed E-state index contributed by atoms with van der Waals surface area (Å²) in [5.74, 6) is -0.595. The fraction of sp³-hybridized carbons (Fsp3) is 0.263. The summed E-state index contributed by atoms with van der Waals surface area (Å²) in [6, 6.07) is 12.7. The van der Waals surface area contributed by atoms with Gasteiger partial charge in [-0.05, 0) is 51.1 Å². The van der Waals surface area contributed by atoms with Crippen molar-refractivity contribution in [3.05, 3.63) is 58.6 Å². The number of nitrogens with one attached hydrogen (secondary N) is 1. The molecular formula is C19H20ClNO3S. The van der Waals surface area contributed by atoms with E-state index in [9.17, 15) is 9.59 Å². The van der Waals surface area contributed by atoms with Crippen LogP contribution in [0.2, 0.25) is 5.02 Å². The lowest BCUT2D eigenvalue weighted by atomic mass is 10.2. The van der Waals surface area contributed by atoms with E-state index in [0.29, 0.717) is 22.9 Å². The molecule has 0 unspecified atom stereocenters. The predicted octanol–water partition coefficient (Wildman–Crippen LogP) is 4.94. The normalized spacial score (nSPS) is 11.7. The van der Waals surface area contributed by atoms with Crippen LogP contribution in [0.15, 0.2) is 47.4 Å². The first kappa shape index (κ1) is 19.3. The van der Waals surface area contributed by atoms with Crippen LogP contribution in [0.1, 0.15) is 29.8 Å². The number of hydrogen-bond acceptors (Lipinski definition) is 4. The molecule has 0 aliphatic heterocycles. The van der Waals surface area contributed by atoms with E-state index in [-0.39, 0.29) is 11.2 Å². The van der Waals surface area contributed by atoms with Gasteiger partial charge in [-0.15, -0.1) is 11.8 Å². The zero-order valence-corrected chi connectivity index (χ0v) is 15.9. The van der Waals surface area contributed by atoms with E-state index >= 15 is 0 Å². The second-order valence-electron chi connectivity index (χ2n) is 5.48. The third-order valence-corrected chi connectivity index (χ3v) is 4.87. The van der Waals surface area contributed by atoms with Crippen LogP contribution in [0.4, 0.5) is 5.69 Å². The lowest BCUT2D eigenvalue weighted by molar-refractivity contribution is -0.115. The molecule has 0 aromatic heterocycles. The second-order valence-corrected chi connectivity index (χ2v) is 7.30. The third-order valence-electron chi connectivity index (χ3n) is 3.44. The molecule has 1 N–H and O–H groups in total. The van der Waals surface area contributed by atoms with Crippen LogP contribution in [0.25, 0.3) is 0 Å². The standard InChI is InChI=1S/C19H20ClNO3S/c1-4-24-19(23)14-7-10-17(16(20)11-14)21-18(22)13(3)25-15-8-5-12(2)6-9-15/h5-11,13H,4H2,1-3H3,(H,21,22)/t13-/m1/s1. The molecule has 4 nitrogen and oxygen atoms in total. The molecule has 0 saturated carbocycles. The Morgan fingerprint density at radius 1 is 1.20 bits per heavy atom. The minimum atomic E-state index is -0.439. The van der Waals surface area contributed by atoms with Gasteiger partial charge in [-0.1, -0.05) is 29.3 Å². The number of rotatable bonds is 6. The van der Waals surface area contributed by atoms with Crippen LogP contribution < -0.4 is 5.32 Å². The molecule has 132 valence electrons. The number of hydrogen-bond donors (Lipinski definition) is 1. The monoisotopic (exact) mass is 377 g/mol. The first-order valence-electron chi connectivity index (χ1n) is 7.91.